The van der Waals surface area contributed by atoms with Gasteiger partial charge in [0.1, 0.15) is 0 Å². The SMILES string of the molecule is CBr.CCCON. The van der Waals surface area contributed by atoms with Crippen LogP contribution in [0, 0.1) is 0 Å². The summed E-state index contributed by atoms with van der Waals surface area (Å²) in [5, 5.41) is 0. The first-order valence-electron chi connectivity index (χ1n) is 2.11. The number of hydrogen-bond donors (Lipinski definition) is 1. The maximum atomic E-state index is 4.64. The van der Waals surface area contributed by atoms with E-state index < -0.39 is 0 Å². The molecule has 0 saturated heterocycles. The summed E-state index contributed by atoms with van der Waals surface area (Å²) >= 11 is 2.94. The highest BCUT2D eigenvalue weighted by molar-refractivity contribution is 9.08. The molecule has 0 fully saturated rings. The van der Waals surface area contributed by atoms with Gasteiger partial charge in [-0.2, -0.15) is 0 Å². The molecule has 0 aliphatic heterocycles. The lowest BCUT2D eigenvalue weighted by molar-refractivity contribution is 0.138. The summed E-state index contributed by atoms with van der Waals surface area (Å²) in [5.74, 6) is 6.45. The number of hydrogen-bond acceptors (Lipinski definition) is 2. The normalized spacial score (nSPS) is 6.86. The van der Waals surface area contributed by atoms with Crippen LogP contribution in [0.2, 0.25) is 0 Å². The van der Waals surface area contributed by atoms with Crippen molar-refractivity contribution in [3.63, 3.8) is 0 Å². The first-order chi connectivity index (χ1) is 3.41. The second kappa shape index (κ2) is 16.1. The zero-order valence-corrected chi connectivity index (χ0v) is 6.36. The number of rotatable bonds is 2. The Morgan fingerprint density at radius 3 is 2.00 bits per heavy atom. The van der Waals surface area contributed by atoms with E-state index in [2.05, 4.69) is 26.7 Å². The van der Waals surface area contributed by atoms with Gasteiger partial charge in [-0.25, -0.2) is 5.90 Å². The Kier molecular flexibility index (Phi) is 24.0. The summed E-state index contributed by atoms with van der Waals surface area (Å²) in [5.41, 5.74) is 0. The Hall–Kier alpha value is 0.400. The molecule has 0 aliphatic carbocycles. The van der Waals surface area contributed by atoms with Crippen LogP contribution in [-0.4, -0.2) is 12.4 Å². The molecule has 0 aromatic rings. The molecule has 0 spiro atoms. The van der Waals surface area contributed by atoms with Crippen LogP contribution in [0.1, 0.15) is 13.3 Å². The Bertz CT molecular complexity index is 19.2. The van der Waals surface area contributed by atoms with Gasteiger partial charge in [0.2, 0.25) is 0 Å². The van der Waals surface area contributed by atoms with Gasteiger partial charge in [-0.1, -0.05) is 22.9 Å². The third-order valence-electron chi connectivity index (χ3n) is 0.322. The lowest BCUT2D eigenvalue weighted by Gasteiger charge is -1.83. The van der Waals surface area contributed by atoms with E-state index in [0.29, 0.717) is 6.61 Å². The maximum Gasteiger partial charge on any atom is 0.0676 e. The third kappa shape index (κ3) is 21.5. The lowest BCUT2D eigenvalue weighted by atomic mass is 10.5. The van der Waals surface area contributed by atoms with E-state index in [4.69, 9.17) is 0 Å². The Labute approximate surface area is 53.1 Å². The Morgan fingerprint density at radius 1 is 1.57 bits per heavy atom. The average Bonchev–Trinajstić information content (AvgIpc) is 1.75. The molecule has 2 N–H and O–H groups in total. The van der Waals surface area contributed by atoms with E-state index in [9.17, 15) is 0 Å². The number of halogens is 1. The molecule has 0 rings (SSSR count). The molecule has 0 radical (unpaired) electrons. The number of alkyl halides is 1. The minimum atomic E-state index is 0.667. The van der Waals surface area contributed by atoms with Crippen LogP contribution in [0.3, 0.4) is 0 Å². The van der Waals surface area contributed by atoms with Crippen LogP contribution in [-0.2, 0) is 4.84 Å². The van der Waals surface area contributed by atoms with Gasteiger partial charge >= 0.3 is 0 Å². The molecule has 0 saturated carbocycles. The van der Waals surface area contributed by atoms with Crippen LogP contribution in [0.4, 0.5) is 0 Å². The highest BCUT2D eigenvalue weighted by atomic mass is 79.9. The molecular weight excluding hydrogens is 158 g/mol. The van der Waals surface area contributed by atoms with E-state index in [-0.39, 0.29) is 0 Å². The summed E-state index contributed by atoms with van der Waals surface area (Å²) in [6.07, 6.45) is 0.997. The summed E-state index contributed by atoms with van der Waals surface area (Å²) < 4.78 is 0. The highest BCUT2D eigenvalue weighted by Crippen LogP contribution is 1.67. The van der Waals surface area contributed by atoms with Crippen LogP contribution in [0.15, 0.2) is 0 Å². The molecule has 0 heterocycles. The fourth-order valence-corrected chi connectivity index (χ4v) is 0.118. The topological polar surface area (TPSA) is 35.2 Å². The summed E-state index contributed by atoms with van der Waals surface area (Å²) in [6, 6.07) is 0. The predicted molar refractivity (Wildman–Crippen MR) is 35.3 cm³/mol. The van der Waals surface area contributed by atoms with E-state index in [0.717, 1.165) is 6.42 Å². The quantitative estimate of drug-likeness (QED) is 0.500. The molecule has 0 unspecified atom stereocenters. The molecule has 0 aliphatic rings. The van der Waals surface area contributed by atoms with Crippen molar-refractivity contribution in [2.45, 2.75) is 13.3 Å². The second-order valence-electron chi connectivity index (χ2n) is 0.871. The molecule has 0 bridgehead atoms. The van der Waals surface area contributed by atoms with Crippen molar-refractivity contribution in [1.82, 2.24) is 0 Å². The van der Waals surface area contributed by atoms with Crippen molar-refractivity contribution < 1.29 is 4.84 Å². The van der Waals surface area contributed by atoms with Gasteiger partial charge in [0, 0.05) is 0 Å². The zero-order valence-electron chi connectivity index (χ0n) is 4.78. The van der Waals surface area contributed by atoms with Crippen LogP contribution in [0.5, 0.6) is 0 Å². The molecule has 0 atom stereocenters. The monoisotopic (exact) mass is 169 g/mol. The number of nitrogens with two attached hydrogens (primary N) is 1. The zero-order chi connectivity index (χ0) is 6.12. The van der Waals surface area contributed by atoms with Gasteiger partial charge in [-0.05, 0) is 12.3 Å². The minimum absolute atomic E-state index is 0.667. The Balaban J connectivity index is 0. The van der Waals surface area contributed by atoms with Gasteiger partial charge in [0.15, 0.2) is 0 Å². The first-order valence-corrected chi connectivity index (χ1v) is 3.70. The molecule has 0 aromatic carbocycles. The van der Waals surface area contributed by atoms with Crippen molar-refractivity contribution in [2.24, 2.45) is 5.90 Å². The first kappa shape index (κ1) is 10.4. The molecular formula is C4H12BrNO. The van der Waals surface area contributed by atoms with Crippen LogP contribution >= 0.6 is 15.9 Å². The molecule has 0 aromatic heterocycles. The van der Waals surface area contributed by atoms with Crippen LogP contribution < -0.4 is 5.90 Å². The van der Waals surface area contributed by atoms with E-state index in [1.807, 2.05) is 12.8 Å². The van der Waals surface area contributed by atoms with Crippen molar-refractivity contribution in [3.8, 4) is 0 Å². The van der Waals surface area contributed by atoms with Gasteiger partial charge < -0.3 is 4.84 Å². The third-order valence-corrected chi connectivity index (χ3v) is 0.322. The minimum Gasteiger partial charge on any atom is -0.305 e. The standard InChI is InChI=1S/C3H9NO.CH3Br/c1-2-3-5-4;1-2/h2-4H2,1H3;1H3. The second-order valence-corrected chi connectivity index (χ2v) is 0.871. The molecule has 2 nitrogen and oxygen atoms in total. The summed E-state index contributed by atoms with van der Waals surface area (Å²) in [6.45, 7) is 2.67. The van der Waals surface area contributed by atoms with Gasteiger partial charge in [0.25, 0.3) is 0 Å². The molecule has 7 heavy (non-hydrogen) atoms. The highest BCUT2D eigenvalue weighted by Gasteiger charge is 1.66. The van der Waals surface area contributed by atoms with Crippen LogP contribution in [0.25, 0.3) is 0 Å². The summed E-state index contributed by atoms with van der Waals surface area (Å²) in [4.78, 5) is 4.19. The van der Waals surface area contributed by atoms with Gasteiger partial charge in [-0.15, -0.1) is 0 Å². The largest absolute Gasteiger partial charge is 0.305 e. The van der Waals surface area contributed by atoms with E-state index >= 15 is 0 Å². The Morgan fingerprint density at radius 2 is 2.00 bits per heavy atom. The summed E-state index contributed by atoms with van der Waals surface area (Å²) in [7, 11) is 0. The fraction of sp³-hybridized carbons (Fsp3) is 1.00. The maximum absolute atomic E-state index is 4.64. The van der Waals surface area contributed by atoms with E-state index in [1.54, 1.807) is 0 Å². The molecule has 46 valence electrons. The van der Waals surface area contributed by atoms with Crippen molar-refractivity contribution in [1.29, 1.82) is 0 Å². The van der Waals surface area contributed by atoms with Crippen molar-refractivity contribution in [2.75, 3.05) is 12.4 Å². The van der Waals surface area contributed by atoms with Gasteiger partial charge in [0.05, 0.1) is 6.61 Å². The smallest absolute Gasteiger partial charge is 0.0676 e. The van der Waals surface area contributed by atoms with E-state index in [1.165, 1.54) is 0 Å². The van der Waals surface area contributed by atoms with Gasteiger partial charge in [-0.3, -0.25) is 0 Å². The van der Waals surface area contributed by atoms with Crippen molar-refractivity contribution in [3.05, 3.63) is 0 Å². The molecule has 3 heteroatoms. The van der Waals surface area contributed by atoms with Crippen molar-refractivity contribution >= 4 is 15.9 Å². The predicted octanol–water partition coefficient (Wildman–Crippen LogP) is 1.30. The fourth-order valence-electron chi connectivity index (χ4n) is 0.118. The molecule has 0 amide bonds. The average molecular weight is 170 g/mol. The lowest BCUT2D eigenvalue weighted by Crippen LogP contribution is -1.97.